The van der Waals surface area contributed by atoms with E-state index in [1.165, 1.54) is 12.1 Å². The molecule has 0 bridgehead atoms. The Bertz CT molecular complexity index is 464. The Hall–Kier alpha value is -1.66. The average Bonchev–Trinajstić information content (AvgIpc) is 2.34. The number of aromatic nitrogens is 1. The van der Waals surface area contributed by atoms with Crippen molar-refractivity contribution < 1.29 is 19.8 Å². The predicted octanol–water partition coefficient (Wildman–Crippen LogP) is 0.473. The van der Waals surface area contributed by atoms with Crippen LogP contribution in [0.4, 0.5) is 0 Å². The molecule has 0 aliphatic rings. The van der Waals surface area contributed by atoms with E-state index in [0.29, 0.717) is 12.1 Å². The summed E-state index contributed by atoms with van der Waals surface area (Å²) >= 11 is 5.75. The fourth-order valence-electron chi connectivity index (χ4n) is 1.29. The van der Waals surface area contributed by atoms with Gasteiger partial charge in [0.25, 0.3) is 5.91 Å². The van der Waals surface area contributed by atoms with Gasteiger partial charge in [-0.15, -0.1) is 0 Å². The number of halogens is 1. The third-order valence-electron chi connectivity index (χ3n) is 2.26. The van der Waals surface area contributed by atoms with Crippen LogP contribution in [-0.4, -0.2) is 39.7 Å². The van der Waals surface area contributed by atoms with E-state index in [4.69, 9.17) is 21.8 Å². The van der Waals surface area contributed by atoms with Crippen LogP contribution in [0.2, 0.25) is 5.15 Å². The standard InChI is InChI=1S/C11H13ClN2O4/c1-2-7-3-6(4-9(12)13-7)10(16)14-8(5-15)11(17)18/h3-4,8,15H,2,5H2,1H3,(H,14,16)(H,17,18)/t8-/m0/s1. The minimum absolute atomic E-state index is 0.162. The number of hydrogen-bond donors (Lipinski definition) is 3. The van der Waals surface area contributed by atoms with Crippen LogP contribution in [0.25, 0.3) is 0 Å². The fraction of sp³-hybridized carbons (Fsp3) is 0.364. The number of carboxylic acid groups (broad SMARTS) is 1. The van der Waals surface area contributed by atoms with Gasteiger partial charge in [0.15, 0.2) is 6.04 Å². The molecular formula is C11H13ClN2O4. The van der Waals surface area contributed by atoms with Crippen molar-refractivity contribution in [1.29, 1.82) is 0 Å². The van der Waals surface area contributed by atoms with Crippen LogP contribution in [-0.2, 0) is 11.2 Å². The normalized spacial score (nSPS) is 11.9. The molecule has 3 N–H and O–H groups in total. The summed E-state index contributed by atoms with van der Waals surface area (Å²) in [5.74, 6) is -1.92. The van der Waals surface area contributed by atoms with Gasteiger partial charge in [0.1, 0.15) is 5.15 Å². The van der Waals surface area contributed by atoms with Crippen LogP contribution < -0.4 is 5.32 Å². The lowest BCUT2D eigenvalue weighted by Crippen LogP contribution is -2.43. The second kappa shape index (κ2) is 6.32. The lowest BCUT2D eigenvalue weighted by molar-refractivity contribution is -0.140. The maximum atomic E-state index is 11.8. The molecule has 6 nitrogen and oxygen atoms in total. The topological polar surface area (TPSA) is 99.5 Å². The van der Waals surface area contributed by atoms with Crippen molar-refractivity contribution >= 4 is 23.5 Å². The van der Waals surface area contributed by atoms with Crippen LogP contribution in [0.15, 0.2) is 12.1 Å². The summed E-state index contributed by atoms with van der Waals surface area (Å²) in [6, 6.07) is 1.53. The molecule has 0 fully saturated rings. The SMILES string of the molecule is CCc1cc(C(=O)N[C@@H](CO)C(=O)O)cc(Cl)n1. The minimum atomic E-state index is -1.34. The first-order valence-corrected chi connectivity index (χ1v) is 5.66. The number of hydrogen-bond acceptors (Lipinski definition) is 4. The summed E-state index contributed by atoms with van der Waals surface area (Å²) in [6.07, 6.45) is 0.600. The van der Waals surface area contributed by atoms with Gasteiger partial charge in [-0.1, -0.05) is 18.5 Å². The van der Waals surface area contributed by atoms with Gasteiger partial charge >= 0.3 is 5.97 Å². The lowest BCUT2D eigenvalue weighted by atomic mass is 10.2. The summed E-state index contributed by atoms with van der Waals surface area (Å²) in [6.45, 7) is 1.18. The molecule has 0 spiro atoms. The van der Waals surface area contributed by atoms with Crippen molar-refractivity contribution in [3.63, 3.8) is 0 Å². The van der Waals surface area contributed by atoms with E-state index in [0.717, 1.165) is 0 Å². The van der Waals surface area contributed by atoms with Gasteiger partial charge in [0, 0.05) is 11.3 Å². The zero-order valence-corrected chi connectivity index (χ0v) is 10.4. The Labute approximate surface area is 109 Å². The molecule has 1 heterocycles. The molecule has 1 amide bonds. The molecule has 98 valence electrons. The molecule has 1 atom stereocenters. The van der Waals surface area contributed by atoms with E-state index in [1.807, 2.05) is 6.92 Å². The van der Waals surface area contributed by atoms with Crippen LogP contribution in [0.3, 0.4) is 0 Å². The number of nitrogens with one attached hydrogen (secondary N) is 1. The number of aliphatic hydroxyl groups is 1. The first-order valence-electron chi connectivity index (χ1n) is 5.29. The zero-order valence-electron chi connectivity index (χ0n) is 9.68. The van der Waals surface area contributed by atoms with Gasteiger partial charge < -0.3 is 15.5 Å². The van der Waals surface area contributed by atoms with Gasteiger partial charge in [-0.05, 0) is 18.6 Å². The number of aliphatic carboxylic acids is 1. The van der Waals surface area contributed by atoms with E-state index in [1.54, 1.807) is 0 Å². The molecule has 18 heavy (non-hydrogen) atoms. The number of pyridine rings is 1. The molecule has 1 aromatic heterocycles. The number of carbonyl (C=O) groups is 2. The van der Waals surface area contributed by atoms with Gasteiger partial charge in [-0.3, -0.25) is 4.79 Å². The maximum absolute atomic E-state index is 11.8. The Kier molecular flexibility index (Phi) is 5.06. The first-order chi connectivity index (χ1) is 8.47. The number of carbonyl (C=O) groups excluding carboxylic acids is 1. The number of nitrogens with zero attached hydrogens (tertiary/aromatic N) is 1. The predicted molar refractivity (Wildman–Crippen MR) is 64.6 cm³/mol. The Morgan fingerprint density at radius 1 is 1.50 bits per heavy atom. The Balaban J connectivity index is 2.90. The monoisotopic (exact) mass is 272 g/mol. The zero-order chi connectivity index (χ0) is 13.7. The highest BCUT2D eigenvalue weighted by atomic mass is 35.5. The molecular weight excluding hydrogens is 260 g/mol. The van der Waals surface area contributed by atoms with Crippen LogP contribution in [0.5, 0.6) is 0 Å². The summed E-state index contributed by atoms with van der Waals surface area (Å²) in [7, 11) is 0. The van der Waals surface area contributed by atoms with E-state index in [-0.39, 0.29) is 10.7 Å². The molecule has 7 heteroatoms. The van der Waals surface area contributed by atoms with E-state index in [9.17, 15) is 9.59 Å². The largest absolute Gasteiger partial charge is 0.480 e. The highest BCUT2D eigenvalue weighted by Crippen LogP contribution is 2.11. The van der Waals surface area contributed by atoms with Crippen molar-refractivity contribution in [2.75, 3.05) is 6.61 Å². The summed E-state index contributed by atoms with van der Waals surface area (Å²) < 4.78 is 0. The quantitative estimate of drug-likeness (QED) is 0.677. The molecule has 0 aliphatic carbocycles. The minimum Gasteiger partial charge on any atom is -0.480 e. The number of aliphatic hydroxyl groups excluding tert-OH is 1. The van der Waals surface area contributed by atoms with Gasteiger partial charge in [-0.25, -0.2) is 9.78 Å². The molecule has 0 saturated heterocycles. The summed E-state index contributed by atoms with van der Waals surface area (Å²) in [4.78, 5) is 26.4. The van der Waals surface area contributed by atoms with E-state index in [2.05, 4.69) is 10.3 Å². The molecule has 1 aromatic rings. The molecule has 0 aliphatic heterocycles. The van der Waals surface area contributed by atoms with Crippen molar-refractivity contribution in [3.05, 3.63) is 28.5 Å². The van der Waals surface area contributed by atoms with Gasteiger partial charge in [0.2, 0.25) is 0 Å². The number of amides is 1. The third kappa shape index (κ3) is 3.68. The van der Waals surface area contributed by atoms with Crippen LogP contribution >= 0.6 is 11.6 Å². The number of carboxylic acids is 1. The molecule has 1 rings (SSSR count). The van der Waals surface area contributed by atoms with Crippen molar-refractivity contribution in [3.8, 4) is 0 Å². The lowest BCUT2D eigenvalue weighted by Gasteiger charge is -2.12. The summed E-state index contributed by atoms with van der Waals surface area (Å²) in [5.41, 5.74) is 0.843. The fourth-order valence-corrected chi connectivity index (χ4v) is 1.52. The molecule has 0 saturated carbocycles. The molecule has 0 radical (unpaired) electrons. The van der Waals surface area contributed by atoms with Crippen LogP contribution in [0, 0.1) is 0 Å². The van der Waals surface area contributed by atoms with Crippen LogP contribution in [0.1, 0.15) is 23.0 Å². The van der Waals surface area contributed by atoms with Crippen molar-refractivity contribution in [2.24, 2.45) is 0 Å². The number of aryl methyl sites for hydroxylation is 1. The second-order valence-electron chi connectivity index (χ2n) is 3.57. The Morgan fingerprint density at radius 3 is 2.67 bits per heavy atom. The number of rotatable bonds is 5. The highest BCUT2D eigenvalue weighted by Gasteiger charge is 2.20. The Morgan fingerprint density at radius 2 is 2.17 bits per heavy atom. The maximum Gasteiger partial charge on any atom is 0.328 e. The van der Waals surface area contributed by atoms with E-state index < -0.39 is 24.5 Å². The molecule has 0 unspecified atom stereocenters. The van der Waals surface area contributed by atoms with E-state index >= 15 is 0 Å². The van der Waals surface area contributed by atoms with Crippen molar-refractivity contribution in [2.45, 2.75) is 19.4 Å². The average molecular weight is 273 g/mol. The molecule has 0 aromatic carbocycles. The summed E-state index contributed by atoms with van der Waals surface area (Å²) in [5, 5.41) is 19.9. The third-order valence-corrected chi connectivity index (χ3v) is 2.45. The second-order valence-corrected chi connectivity index (χ2v) is 3.96. The first kappa shape index (κ1) is 14.4. The van der Waals surface area contributed by atoms with Gasteiger partial charge in [-0.2, -0.15) is 0 Å². The van der Waals surface area contributed by atoms with Crippen molar-refractivity contribution in [1.82, 2.24) is 10.3 Å². The smallest absolute Gasteiger partial charge is 0.328 e. The van der Waals surface area contributed by atoms with Gasteiger partial charge in [0.05, 0.1) is 6.61 Å². The highest BCUT2D eigenvalue weighted by molar-refractivity contribution is 6.29.